The quantitative estimate of drug-likeness (QED) is 0.447. The zero-order chi connectivity index (χ0) is 17.7. The van der Waals surface area contributed by atoms with E-state index in [9.17, 15) is 26.3 Å². The van der Waals surface area contributed by atoms with Crippen LogP contribution in [-0.2, 0) is 0 Å². The van der Waals surface area contributed by atoms with Gasteiger partial charge in [-0.05, 0) is 55.2 Å². The number of hydrogen-bond acceptors (Lipinski definition) is 1. The van der Waals surface area contributed by atoms with Gasteiger partial charge >= 0.3 is 6.61 Å². The molecule has 0 aliphatic heterocycles. The first kappa shape index (κ1) is 18.7. The highest BCUT2D eigenvalue weighted by atomic mass is 19.3. The second-order valence-electron chi connectivity index (χ2n) is 5.86. The lowest BCUT2D eigenvalue weighted by molar-refractivity contribution is -0.0546. The largest absolute Gasteiger partial charge is 0.429 e. The van der Waals surface area contributed by atoms with E-state index in [-0.39, 0.29) is 18.3 Å². The van der Waals surface area contributed by atoms with Crippen molar-refractivity contribution in [2.75, 3.05) is 0 Å². The van der Waals surface area contributed by atoms with Crippen LogP contribution in [0.15, 0.2) is 24.3 Å². The van der Waals surface area contributed by atoms with Gasteiger partial charge in [0.15, 0.2) is 17.4 Å². The minimum absolute atomic E-state index is 0.0886. The summed E-state index contributed by atoms with van der Waals surface area (Å²) in [7, 11) is 0. The summed E-state index contributed by atoms with van der Waals surface area (Å²) < 4.78 is 79.8. The van der Waals surface area contributed by atoms with E-state index in [1.54, 1.807) is 6.08 Å². The molecule has 7 heteroatoms. The summed E-state index contributed by atoms with van der Waals surface area (Å²) >= 11 is 0. The van der Waals surface area contributed by atoms with Crippen LogP contribution in [0.2, 0.25) is 0 Å². The number of ether oxygens (including phenoxy) is 1. The summed E-state index contributed by atoms with van der Waals surface area (Å²) in [6, 6.07) is 2.05. The first-order valence-electron chi connectivity index (χ1n) is 7.75. The molecular weight excluding hydrogens is 334 g/mol. The van der Waals surface area contributed by atoms with Crippen LogP contribution in [0.3, 0.4) is 0 Å². The zero-order valence-corrected chi connectivity index (χ0v) is 12.8. The minimum Gasteiger partial charge on any atom is -0.429 e. The number of rotatable bonds is 6. The fourth-order valence-corrected chi connectivity index (χ4v) is 3.04. The third kappa shape index (κ3) is 5.18. The molecule has 0 spiro atoms. The smallest absolute Gasteiger partial charge is 0.387 e. The maximum Gasteiger partial charge on any atom is 0.387 e. The maximum absolute atomic E-state index is 13.8. The third-order valence-electron chi connectivity index (χ3n) is 4.19. The Hall–Kier alpha value is -1.66. The number of allylic oxidation sites excluding steroid dienone is 2. The van der Waals surface area contributed by atoms with Crippen molar-refractivity contribution in [1.82, 2.24) is 0 Å². The molecule has 0 radical (unpaired) electrons. The van der Waals surface area contributed by atoms with Gasteiger partial charge in [0.2, 0.25) is 6.43 Å². The number of halogens is 6. The molecule has 1 aromatic carbocycles. The molecule has 2 rings (SSSR count). The molecule has 0 N–H and O–H groups in total. The monoisotopic (exact) mass is 352 g/mol. The summed E-state index contributed by atoms with van der Waals surface area (Å²) in [5.41, 5.74) is 0.404. The fraction of sp³-hybridized carbons (Fsp3) is 0.529. The van der Waals surface area contributed by atoms with Crippen molar-refractivity contribution >= 4 is 0 Å². The fourth-order valence-electron chi connectivity index (χ4n) is 3.04. The number of alkyl halides is 4. The zero-order valence-electron chi connectivity index (χ0n) is 12.8. The van der Waals surface area contributed by atoms with Crippen LogP contribution in [0.25, 0.3) is 0 Å². The van der Waals surface area contributed by atoms with Crippen LogP contribution in [0, 0.1) is 17.6 Å². The molecule has 134 valence electrons. The van der Waals surface area contributed by atoms with Crippen molar-refractivity contribution in [2.45, 2.75) is 51.1 Å². The van der Waals surface area contributed by atoms with Gasteiger partial charge in [-0.25, -0.2) is 17.6 Å². The van der Waals surface area contributed by atoms with Gasteiger partial charge < -0.3 is 4.74 Å². The van der Waals surface area contributed by atoms with Crippen molar-refractivity contribution in [3.05, 3.63) is 41.5 Å². The Kier molecular flexibility index (Phi) is 6.57. The van der Waals surface area contributed by atoms with E-state index in [1.165, 1.54) is 6.08 Å². The van der Waals surface area contributed by atoms with Crippen molar-refractivity contribution in [1.29, 1.82) is 0 Å². The van der Waals surface area contributed by atoms with E-state index < -0.39 is 30.4 Å². The van der Waals surface area contributed by atoms with Gasteiger partial charge in [0.25, 0.3) is 0 Å². The van der Waals surface area contributed by atoms with Gasteiger partial charge in [-0.2, -0.15) is 8.78 Å². The molecule has 1 aliphatic carbocycles. The normalized spacial score (nSPS) is 21.8. The highest BCUT2D eigenvalue weighted by molar-refractivity contribution is 5.33. The van der Waals surface area contributed by atoms with E-state index in [2.05, 4.69) is 4.74 Å². The Morgan fingerprint density at radius 1 is 1.00 bits per heavy atom. The van der Waals surface area contributed by atoms with Gasteiger partial charge in [-0.3, -0.25) is 0 Å². The van der Waals surface area contributed by atoms with Gasteiger partial charge in [0.1, 0.15) is 0 Å². The number of hydrogen-bond donors (Lipinski definition) is 0. The molecule has 1 saturated carbocycles. The predicted molar refractivity (Wildman–Crippen MR) is 77.5 cm³/mol. The topological polar surface area (TPSA) is 9.23 Å². The summed E-state index contributed by atoms with van der Waals surface area (Å²) in [4.78, 5) is 0. The Morgan fingerprint density at radius 3 is 2.08 bits per heavy atom. The van der Waals surface area contributed by atoms with Crippen LogP contribution in [-0.4, -0.2) is 13.0 Å². The minimum atomic E-state index is -3.30. The van der Waals surface area contributed by atoms with Crippen LogP contribution < -0.4 is 4.74 Å². The van der Waals surface area contributed by atoms with Crippen LogP contribution in [0.1, 0.15) is 43.6 Å². The Bertz CT molecular complexity index is 541. The molecule has 1 aliphatic rings. The highest BCUT2D eigenvalue weighted by Crippen LogP contribution is 2.38. The van der Waals surface area contributed by atoms with Gasteiger partial charge in [-0.15, -0.1) is 0 Å². The molecule has 0 atom stereocenters. The predicted octanol–water partition coefficient (Wildman–Crippen LogP) is 6.05. The van der Waals surface area contributed by atoms with Crippen molar-refractivity contribution < 1.29 is 31.1 Å². The standard InChI is InChI=1S/C17H18F6O/c18-13-8-12(9-14(19)16(13)24-17(22)23)11-6-4-10(5-7-11)2-1-3-15(20)21/h1-2,8-11,15,17H,3-7H2/b2-1+. The summed E-state index contributed by atoms with van der Waals surface area (Å²) in [6.07, 6.45) is 3.34. The highest BCUT2D eigenvalue weighted by Gasteiger charge is 2.24. The molecule has 1 nitrogen and oxygen atoms in total. The Balaban J connectivity index is 1.98. The van der Waals surface area contributed by atoms with Crippen molar-refractivity contribution in [3.8, 4) is 5.75 Å². The van der Waals surface area contributed by atoms with Crippen LogP contribution in [0.5, 0.6) is 5.75 Å². The Labute approximate surface area is 136 Å². The summed E-state index contributed by atoms with van der Waals surface area (Å²) in [5.74, 6) is -3.28. The molecule has 0 saturated heterocycles. The second-order valence-corrected chi connectivity index (χ2v) is 5.86. The average molecular weight is 352 g/mol. The van der Waals surface area contributed by atoms with Gasteiger partial charge in [-0.1, -0.05) is 12.2 Å². The van der Waals surface area contributed by atoms with Crippen molar-refractivity contribution in [2.24, 2.45) is 5.92 Å². The molecule has 0 heterocycles. The second kappa shape index (κ2) is 8.44. The van der Waals surface area contributed by atoms with E-state index in [1.807, 2.05) is 0 Å². The molecule has 0 unspecified atom stereocenters. The number of benzene rings is 1. The van der Waals surface area contributed by atoms with Crippen LogP contribution in [0.4, 0.5) is 26.3 Å². The summed E-state index contributed by atoms with van der Waals surface area (Å²) in [6.45, 7) is -3.30. The third-order valence-corrected chi connectivity index (χ3v) is 4.19. The van der Waals surface area contributed by atoms with E-state index >= 15 is 0 Å². The maximum atomic E-state index is 13.8. The van der Waals surface area contributed by atoms with Gasteiger partial charge in [0.05, 0.1) is 0 Å². The SMILES string of the molecule is Fc1cc(C2CCC(/C=C/CC(F)F)CC2)cc(F)c1OC(F)F. The van der Waals surface area contributed by atoms with Crippen molar-refractivity contribution in [3.63, 3.8) is 0 Å². The molecule has 0 aromatic heterocycles. The average Bonchev–Trinajstić information content (AvgIpc) is 2.51. The first-order chi connectivity index (χ1) is 11.4. The lowest BCUT2D eigenvalue weighted by atomic mass is 9.78. The van der Waals surface area contributed by atoms with E-state index in [4.69, 9.17) is 0 Å². The molecule has 0 amide bonds. The lowest BCUT2D eigenvalue weighted by Gasteiger charge is -2.27. The molecule has 1 aromatic rings. The Morgan fingerprint density at radius 2 is 1.58 bits per heavy atom. The molecule has 24 heavy (non-hydrogen) atoms. The van der Waals surface area contributed by atoms with Gasteiger partial charge in [0, 0.05) is 6.42 Å². The van der Waals surface area contributed by atoms with E-state index in [0.717, 1.165) is 25.0 Å². The van der Waals surface area contributed by atoms with E-state index in [0.29, 0.717) is 18.4 Å². The molecule has 1 fully saturated rings. The summed E-state index contributed by atoms with van der Waals surface area (Å²) in [5, 5.41) is 0. The lowest BCUT2D eigenvalue weighted by Crippen LogP contribution is -2.13. The first-order valence-corrected chi connectivity index (χ1v) is 7.75. The molecule has 0 bridgehead atoms. The molecular formula is C17H18F6O. The van der Waals surface area contributed by atoms with Crippen LogP contribution >= 0.6 is 0 Å².